The van der Waals surface area contributed by atoms with Crippen LogP contribution in [-0.2, 0) is 9.53 Å². The van der Waals surface area contributed by atoms with Gasteiger partial charge in [0.15, 0.2) is 0 Å². The summed E-state index contributed by atoms with van der Waals surface area (Å²) in [7, 11) is 0. The van der Waals surface area contributed by atoms with E-state index in [1.54, 1.807) is 13.8 Å². The average molecular weight is 318 g/mol. The van der Waals surface area contributed by atoms with E-state index in [2.05, 4.69) is 0 Å². The van der Waals surface area contributed by atoms with Gasteiger partial charge in [0.1, 0.15) is 5.25 Å². The van der Waals surface area contributed by atoms with E-state index in [0.29, 0.717) is 0 Å². The van der Waals surface area contributed by atoms with Crippen molar-refractivity contribution in [2.24, 2.45) is 5.92 Å². The SMILES string of the molecule is CC(C)OC(=O)C(SCCCC(F)(F)C(F)F)C(C)C. The monoisotopic (exact) mass is 318 g/mol. The van der Waals surface area contributed by atoms with Crippen molar-refractivity contribution in [3.63, 3.8) is 0 Å². The highest BCUT2D eigenvalue weighted by Crippen LogP contribution is 2.30. The van der Waals surface area contributed by atoms with Gasteiger partial charge in [-0.05, 0) is 31.9 Å². The molecule has 0 aliphatic carbocycles. The second-order valence-corrected chi connectivity index (χ2v) is 6.44. The minimum absolute atomic E-state index is 0.0122. The number of hydrogen-bond donors (Lipinski definition) is 0. The van der Waals surface area contributed by atoms with Crippen molar-refractivity contribution >= 4 is 17.7 Å². The van der Waals surface area contributed by atoms with Gasteiger partial charge in [-0.25, -0.2) is 17.6 Å². The smallest absolute Gasteiger partial charge is 0.319 e. The van der Waals surface area contributed by atoms with Crippen LogP contribution in [0.2, 0.25) is 0 Å². The van der Waals surface area contributed by atoms with Gasteiger partial charge in [0.05, 0.1) is 6.10 Å². The van der Waals surface area contributed by atoms with E-state index in [9.17, 15) is 22.4 Å². The molecule has 0 rings (SSSR count). The van der Waals surface area contributed by atoms with Crippen molar-refractivity contribution in [2.45, 2.75) is 64.2 Å². The zero-order valence-electron chi connectivity index (χ0n) is 12.2. The molecule has 0 spiro atoms. The van der Waals surface area contributed by atoms with Gasteiger partial charge >= 0.3 is 18.3 Å². The standard InChI is InChI=1S/C13H22F4O2S/c1-8(2)10(11(18)19-9(3)4)20-7-5-6-13(16,17)12(14)15/h8-10,12H,5-7H2,1-4H3. The highest BCUT2D eigenvalue weighted by Gasteiger charge is 2.39. The molecule has 0 aromatic rings. The second-order valence-electron chi connectivity index (χ2n) is 5.19. The van der Waals surface area contributed by atoms with Crippen LogP contribution in [0, 0.1) is 5.92 Å². The molecule has 0 aliphatic rings. The summed E-state index contributed by atoms with van der Waals surface area (Å²) < 4.78 is 54.4. The largest absolute Gasteiger partial charge is 0.462 e. The molecule has 0 saturated carbocycles. The molecule has 20 heavy (non-hydrogen) atoms. The van der Waals surface area contributed by atoms with Crippen LogP contribution in [0.25, 0.3) is 0 Å². The fourth-order valence-corrected chi connectivity index (χ4v) is 2.60. The lowest BCUT2D eigenvalue weighted by Crippen LogP contribution is -2.29. The first-order valence-corrected chi connectivity index (χ1v) is 7.61. The lowest BCUT2D eigenvalue weighted by atomic mass is 10.1. The van der Waals surface area contributed by atoms with Gasteiger partial charge in [-0.15, -0.1) is 11.8 Å². The molecule has 0 fully saturated rings. The van der Waals surface area contributed by atoms with Gasteiger partial charge in [-0.1, -0.05) is 13.8 Å². The van der Waals surface area contributed by atoms with Gasteiger partial charge < -0.3 is 4.74 Å². The first-order valence-electron chi connectivity index (χ1n) is 6.56. The zero-order chi connectivity index (χ0) is 15.9. The third-order valence-corrected chi connectivity index (χ3v) is 4.08. The predicted octanol–water partition coefficient (Wildman–Crippen LogP) is 4.38. The van der Waals surface area contributed by atoms with Gasteiger partial charge in [0.25, 0.3) is 0 Å². The van der Waals surface area contributed by atoms with Crippen molar-refractivity contribution < 1.29 is 27.1 Å². The fourth-order valence-electron chi connectivity index (χ4n) is 1.46. The molecule has 0 aromatic carbocycles. The van der Waals surface area contributed by atoms with Crippen LogP contribution in [0.3, 0.4) is 0 Å². The topological polar surface area (TPSA) is 26.3 Å². The minimum Gasteiger partial charge on any atom is -0.462 e. The Morgan fingerprint density at radius 3 is 2.15 bits per heavy atom. The van der Waals surface area contributed by atoms with E-state index in [1.165, 1.54) is 11.8 Å². The van der Waals surface area contributed by atoms with Crippen LogP contribution in [0.15, 0.2) is 0 Å². The molecule has 0 aromatic heterocycles. The van der Waals surface area contributed by atoms with E-state index in [-0.39, 0.29) is 30.2 Å². The van der Waals surface area contributed by atoms with Crippen molar-refractivity contribution in [1.82, 2.24) is 0 Å². The molecule has 0 saturated heterocycles. The molecule has 0 N–H and O–H groups in total. The molecule has 7 heteroatoms. The van der Waals surface area contributed by atoms with Gasteiger partial charge in [0.2, 0.25) is 0 Å². The first kappa shape index (κ1) is 19.5. The van der Waals surface area contributed by atoms with Crippen LogP contribution >= 0.6 is 11.8 Å². The number of ether oxygens (including phenoxy) is 1. The van der Waals surface area contributed by atoms with E-state index in [4.69, 9.17) is 4.74 Å². The molecule has 1 atom stereocenters. The second kappa shape index (κ2) is 8.74. The van der Waals surface area contributed by atoms with E-state index >= 15 is 0 Å². The molecular formula is C13H22F4O2S. The molecule has 0 radical (unpaired) electrons. The Balaban J connectivity index is 4.21. The van der Waals surface area contributed by atoms with Gasteiger partial charge in [-0.3, -0.25) is 4.79 Å². The summed E-state index contributed by atoms with van der Waals surface area (Å²) in [5, 5.41) is -0.461. The Bertz CT molecular complexity index is 296. The van der Waals surface area contributed by atoms with E-state index < -0.39 is 24.0 Å². The van der Waals surface area contributed by atoms with E-state index in [1.807, 2.05) is 13.8 Å². The molecule has 120 valence electrons. The highest BCUT2D eigenvalue weighted by atomic mass is 32.2. The molecule has 0 bridgehead atoms. The Kier molecular flexibility index (Phi) is 8.54. The predicted molar refractivity (Wildman–Crippen MR) is 72.5 cm³/mol. The summed E-state index contributed by atoms with van der Waals surface area (Å²) in [6, 6.07) is 0. The van der Waals surface area contributed by atoms with Crippen LogP contribution in [0.1, 0.15) is 40.5 Å². The zero-order valence-corrected chi connectivity index (χ0v) is 13.0. The Morgan fingerprint density at radius 2 is 1.75 bits per heavy atom. The lowest BCUT2D eigenvalue weighted by Gasteiger charge is -2.21. The van der Waals surface area contributed by atoms with Crippen LogP contribution in [0.5, 0.6) is 0 Å². The highest BCUT2D eigenvalue weighted by molar-refractivity contribution is 8.00. The third kappa shape index (κ3) is 7.36. The lowest BCUT2D eigenvalue weighted by molar-refractivity contribution is -0.147. The summed E-state index contributed by atoms with van der Waals surface area (Å²) in [6.45, 7) is 7.10. The van der Waals surface area contributed by atoms with Crippen LogP contribution < -0.4 is 0 Å². The molecule has 0 amide bonds. The van der Waals surface area contributed by atoms with Crippen LogP contribution in [-0.4, -0.2) is 35.4 Å². The van der Waals surface area contributed by atoms with Gasteiger partial charge in [-0.2, -0.15) is 0 Å². The number of esters is 1. The van der Waals surface area contributed by atoms with Crippen LogP contribution in [0.4, 0.5) is 17.6 Å². The minimum atomic E-state index is -3.95. The normalized spacial score (nSPS) is 14.2. The van der Waals surface area contributed by atoms with Crippen molar-refractivity contribution in [3.05, 3.63) is 0 Å². The quantitative estimate of drug-likeness (QED) is 0.358. The molecular weight excluding hydrogens is 296 g/mol. The summed E-state index contributed by atoms with van der Waals surface area (Å²) >= 11 is 1.18. The maximum absolute atomic E-state index is 12.7. The average Bonchev–Trinajstić information content (AvgIpc) is 2.26. The van der Waals surface area contributed by atoms with Gasteiger partial charge in [0, 0.05) is 6.42 Å². The number of halogens is 4. The first-order chi connectivity index (χ1) is 9.08. The Morgan fingerprint density at radius 1 is 1.20 bits per heavy atom. The maximum atomic E-state index is 12.7. The number of carbonyl (C=O) groups excluding carboxylic acids is 1. The number of rotatable bonds is 9. The maximum Gasteiger partial charge on any atom is 0.319 e. The molecule has 1 unspecified atom stereocenters. The number of carbonyl (C=O) groups is 1. The Labute approximate surface area is 121 Å². The molecule has 0 aliphatic heterocycles. The van der Waals surface area contributed by atoms with E-state index in [0.717, 1.165) is 0 Å². The summed E-state index contributed by atoms with van der Waals surface area (Å²) in [5.41, 5.74) is 0. The summed E-state index contributed by atoms with van der Waals surface area (Å²) in [5.74, 6) is -4.13. The molecule has 0 heterocycles. The molecule has 2 nitrogen and oxygen atoms in total. The third-order valence-electron chi connectivity index (χ3n) is 2.46. The number of hydrogen-bond acceptors (Lipinski definition) is 3. The number of alkyl halides is 4. The van der Waals surface area contributed by atoms with Crippen molar-refractivity contribution in [3.8, 4) is 0 Å². The number of thioether (sulfide) groups is 1. The van der Waals surface area contributed by atoms with Crippen molar-refractivity contribution in [2.75, 3.05) is 5.75 Å². The summed E-state index contributed by atoms with van der Waals surface area (Å²) in [4.78, 5) is 11.8. The summed E-state index contributed by atoms with van der Waals surface area (Å²) in [6.07, 6.45) is -4.83. The fraction of sp³-hybridized carbons (Fsp3) is 0.923. The van der Waals surface area contributed by atoms with Crippen molar-refractivity contribution in [1.29, 1.82) is 0 Å². The Hall–Kier alpha value is -0.460.